The van der Waals surface area contributed by atoms with Crippen molar-refractivity contribution in [2.45, 2.75) is 258 Å². The monoisotopic (exact) mass is 1280 g/mol. The normalized spacial score (nSPS) is 14.7. The Labute approximate surface area is 560 Å². The zero-order valence-electron chi connectivity index (χ0n) is 61.0. The van der Waals surface area contributed by atoms with Crippen LogP contribution in [-0.2, 0) is 25.7 Å². The van der Waals surface area contributed by atoms with Gasteiger partial charge in [0.15, 0.2) is 0 Å². The Bertz CT molecular complexity index is 4380. The van der Waals surface area contributed by atoms with Gasteiger partial charge >= 0.3 is 0 Å². The third-order valence-corrected chi connectivity index (χ3v) is 49.8. The predicted molar refractivity (Wildman–Crippen MR) is 411 cm³/mol. The van der Waals surface area contributed by atoms with Crippen molar-refractivity contribution < 1.29 is 0 Å². The Balaban J connectivity index is 1.39. The van der Waals surface area contributed by atoms with E-state index in [1.807, 2.05) is 0 Å². The summed E-state index contributed by atoms with van der Waals surface area (Å²) in [5.74, 6) is 17.2. The zero-order chi connectivity index (χ0) is 66.6. The van der Waals surface area contributed by atoms with E-state index in [0.717, 1.165) is 25.7 Å². The lowest BCUT2D eigenvalue weighted by molar-refractivity contribution is 0.838. The Morgan fingerprint density at radius 3 is 0.685 bits per heavy atom. The summed E-state index contributed by atoms with van der Waals surface area (Å²) >= 11 is 0. The van der Waals surface area contributed by atoms with Crippen LogP contribution in [0.25, 0.3) is 44.5 Å². The average molecular weight is 1280 g/mol. The van der Waals surface area contributed by atoms with Crippen LogP contribution in [-0.4, -0.2) is 32.3 Å². The number of benzene rings is 6. The summed E-state index contributed by atoms with van der Waals surface area (Å²) < 4.78 is 0. The first-order valence-corrected chi connectivity index (χ1v) is 45.0. The average Bonchev–Trinajstić information content (AvgIpc) is 1.52. The summed E-state index contributed by atoms with van der Waals surface area (Å²) in [6.45, 7) is 59.3. The molecule has 6 aromatic carbocycles. The minimum Gasteiger partial charge on any atom is -0.125 e. The molecule has 0 fully saturated rings. The molecule has 0 radical (unpaired) electrons. The van der Waals surface area contributed by atoms with Gasteiger partial charge in [-0.15, -0.1) is 22.2 Å². The highest BCUT2D eigenvalue weighted by molar-refractivity contribution is 6.92. The number of rotatable bonds is 12. The van der Waals surface area contributed by atoms with E-state index in [-0.39, 0.29) is 0 Å². The van der Waals surface area contributed by atoms with Crippen LogP contribution in [0.1, 0.15) is 211 Å². The van der Waals surface area contributed by atoms with E-state index in [0.29, 0.717) is 66.5 Å². The van der Waals surface area contributed by atoms with Gasteiger partial charge in [0.25, 0.3) is 0 Å². The number of hydrogen-bond donors (Lipinski definition) is 0. The Morgan fingerprint density at radius 2 is 0.435 bits per heavy atom. The molecule has 0 saturated carbocycles. The van der Waals surface area contributed by atoms with Gasteiger partial charge in [0, 0.05) is 43.9 Å². The fraction of sp³-hybridized carbons (Fsp3) is 0.455. The second-order valence-corrected chi connectivity index (χ2v) is 54.5. The van der Waals surface area contributed by atoms with Gasteiger partial charge < -0.3 is 0 Å². The highest BCUT2D eigenvalue weighted by atomic mass is 28.3. The van der Waals surface area contributed by atoms with Gasteiger partial charge in [-0.05, 0) is 179 Å². The standard InChI is InChI=1S/C88H108Si4/c1-53(2)89(54(3)4,55(5)6)49-45-73-65-33-25-29-37-69(65)81-78-43-44-80-84-72-40-32-28-36-68(72)75(47-51-91(59(13)14,60(15)16)61(17)18)87(84)79(83-71-39-31-27-35-67(71)76(88(80)83)48-52-92(62(19)20,63(21)22)64(23)24)42-41-77(85(73)81)82-70-38-30-26-34-66(70)74(86(78)82)46-50-90(56(7)8,57(9)10)58(11)12/h25-40,53-64H,41-44H2,1-24H3. The predicted octanol–water partition coefficient (Wildman–Crippen LogP) is 20.4. The molecule has 6 aliphatic rings. The molecule has 0 nitrogen and oxygen atoms in total. The first-order chi connectivity index (χ1) is 43.6. The second-order valence-electron chi connectivity index (χ2n) is 32.2. The zero-order valence-corrected chi connectivity index (χ0v) is 65.0. The summed E-state index contributed by atoms with van der Waals surface area (Å²) in [6, 6.07) is 37.8. The molecule has 0 atom stereocenters. The van der Waals surface area contributed by atoms with Gasteiger partial charge in [-0.25, -0.2) is 0 Å². The molecule has 4 bridgehead atoms. The van der Waals surface area contributed by atoms with Crippen LogP contribution in [0.3, 0.4) is 0 Å². The first kappa shape index (κ1) is 67.3. The van der Waals surface area contributed by atoms with Crippen molar-refractivity contribution in [1.29, 1.82) is 0 Å². The fourth-order valence-electron chi connectivity index (χ4n) is 20.6. The molecule has 0 heterocycles. The third-order valence-electron chi connectivity index (χ3n) is 24.6. The summed E-state index contributed by atoms with van der Waals surface area (Å²) in [4.78, 5) is 0. The highest BCUT2D eigenvalue weighted by Crippen LogP contribution is 2.48. The Kier molecular flexibility index (Phi) is 18.5. The maximum atomic E-state index is 4.37. The molecule has 6 aliphatic carbocycles. The van der Waals surface area contributed by atoms with Crippen molar-refractivity contribution in [3.8, 4) is 68.1 Å². The molecule has 4 heteroatoms. The molecule has 0 saturated heterocycles. The van der Waals surface area contributed by atoms with Gasteiger partial charge in [-0.3, -0.25) is 0 Å². The summed E-state index contributed by atoms with van der Waals surface area (Å²) in [5, 5.41) is 10.9. The van der Waals surface area contributed by atoms with Gasteiger partial charge in [-0.1, -0.05) is 287 Å². The van der Waals surface area contributed by atoms with Crippen molar-refractivity contribution >= 4 is 54.6 Å². The lowest BCUT2D eigenvalue weighted by atomic mass is 9.80. The molecule has 6 aromatic rings. The second kappa shape index (κ2) is 25.2. The molecule has 0 aliphatic heterocycles. The van der Waals surface area contributed by atoms with Crippen LogP contribution in [0.4, 0.5) is 0 Å². The molecule has 12 rings (SSSR count). The molecule has 0 spiro atoms. The van der Waals surface area contributed by atoms with Crippen molar-refractivity contribution in [2.75, 3.05) is 0 Å². The molecular weight excluding hydrogens is 1170 g/mol. The quantitative estimate of drug-likeness (QED) is 0.0846. The molecule has 0 amide bonds. The molecule has 92 heavy (non-hydrogen) atoms. The number of hydrogen-bond acceptors (Lipinski definition) is 0. The summed E-state index contributed by atoms with van der Waals surface area (Å²) in [5.41, 5.74) is 45.1. The summed E-state index contributed by atoms with van der Waals surface area (Å²) in [6.07, 6.45) is 3.31. The van der Waals surface area contributed by atoms with E-state index >= 15 is 0 Å². The molecule has 0 unspecified atom stereocenters. The molecular formula is C88H108Si4. The van der Waals surface area contributed by atoms with E-state index in [4.69, 9.17) is 0 Å². The minimum absolute atomic E-state index is 0.508. The first-order valence-electron chi connectivity index (χ1n) is 36.0. The Morgan fingerprint density at radius 1 is 0.228 bits per heavy atom. The highest BCUT2D eigenvalue weighted by Gasteiger charge is 2.46. The van der Waals surface area contributed by atoms with Crippen molar-refractivity contribution in [1.82, 2.24) is 0 Å². The van der Waals surface area contributed by atoms with Gasteiger partial charge in [0.05, 0.1) is 0 Å². The van der Waals surface area contributed by atoms with Gasteiger partial charge in [0.1, 0.15) is 32.3 Å². The topological polar surface area (TPSA) is 0 Å². The van der Waals surface area contributed by atoms with E-state index in [9.17, 15) is 0 Å². The third kappa shape index (κ3) is 10.0. The van der Waals surface area contributed by atoms with Crippen LogP contribution in [0.5, 0.6) is 0 Å². The SMILES string of the molecule is CC(C)[Si](C#CC1=c2c3c4c(c(c2-c2ccccc21)CCc1c2c(c(c5c1=c1ccccc1=C5C#C[Si](C(C)C)(C(C)C)C(C)C)CC3)=c1ccccc1=C2C#C[Si](C(C)C)(C(C)C)C(C)C)=C(C#C[Si](C(C)C)(C(C)C)C(C)C)c1ccccc1-4)(C(C)C)C(C)C. The van der Waals surface area contributed by atoms with Crippen molar-refractivity contribution in [2.24, 2.45) is 0 Å². The van der Waals surface area contributed by atoms with E-state index in [1.54, 1.807) is 0 Å². The van der Waals surface area contributed by atoms with Crippen molar-refractivity contribution in [3.05, 3.63) is 183 Å². The van der Waals surface area contributed by atoms with Crippen LogP contribution in [0.15, 0.2) is 97.1 Å². The van der Waals surface area contributed by atoms with Crippen LogP contribution in [0, 0.1) is 66.7 Å². The fourth-order valence-corrected chi connectivity index (χ4v) is 41.5. The van der Waals surface area contributed by atoms with E-state index in [1.165, 1.54) is 131 Å². The van der Waals surface area contributed by atoms with Crippen molar-refractivity contribution in [3.63, 3.8) is 0 Å². The smallest absolute Gasteiger partial charge is 0.125 e. The van der Waals surface area contributed by atoms with E-state index < -0.39 is 32.3 Å². The molecule has 476 valence electrons. The maximum absolute atomic E-state index is 4.37. The van der Waals surface area contributed by atoms with E-state index in [2.05, 4.69) is 309 Å². The van der Waals surface area contributed by atoms with Crippen LogP contribution in [0.2, 0.25) is 66.5 Å². The largest absolute Gasteiger partial charge is 0.146 e. The Hall–Kier alpha value is -6.09. The summed E-state index contributed by atoms with van der Waals surface area (Å²) in [7, 11) is -8.79. The van der Waals surface area contributed by atoms with Gasteiger partial charge in [0.2, 0.25) is 0 Å². The molecule has 0 N–H and O–H groups in total. The minimum atomic E-state index is -2.20. The maximum Gasteiger partial charge on any atom is 0.146 e. The lowest BCUT2D eigenvalue weighted by Crippen LogP contribution is -2.43. The lowest BCUT2D eigenvalue weighted by Gasteiger charge is -2.38. The molecule has 0 aromatic heterocycles. The number of fused-ring (bicyclic) bond motifs is 7. The van der Waals surface area contributed by atoms with Crippen LogP contribution < -0.4 is 20.9 Å². The van der Waals surface area contributed by atoms with Gasteiger partial charge in [-0.2, -0.15) is 0 Å². The van der Waals surface area contributed by atoms with Crippen LogP contribution >= 0.6 is 0 Å².